The van der Waals surface area contributed by atoms with E-state index in [9.17, 15) is 9.59 Å². The molecule has 0 radical (unpaired) electrons. The zero-order chi connectivity index (χ0) is 13.1. The average Bonchev–Trinajstić information content (AvgIpc) is 2.37. The Balaban J connectivity index is 2.32. The Hall–Kier alpha value is -1.84. The Morgan fingerprint density at radius 3 is 2.83 bits per heavy atom. The molecule has 1 aliphatic rings. The number of hydrogen-bond donors (Lipinski definition) is 1. The molecule has 96 valence electrons. The number of amides is 1. The fourth-order valence-corrected chi connectivity index (χ4v) is 2.34. The zero-order valence-corrected chi connectivity index (χ0v) is 10.5. The van der Waals surface area contributed by atoms with Crippen molar-refractivity contribution in [3.8, 4) is 0 Å². The van der Waals surface area contributed by atoms with Crippen LogP contribution in [0.1, 0.15) is 42.1 Å². The van der Waals surface area contributed by atoms with Crippen LogP contribution in [0.3, 0.4) is 0 Å². The number of aromatic carboxylic acids is 1. The predicted octanol–water partition coefficient (Wildman–Crippen LogP) is 2.46. The van der Waals surface area contributed by atoms with Crippen LogP contribution in [0.5, 0.6) is 0 Å². The zero-order valence-electron chi connectivity index (χ0n) is 10.5. The van der Waals surface area contributed by atoms with E-state index in [2.05, 4.69) is 0 Å². The highest BCUT2D eigenvalue weighted by molar-refractivity contribution is 5.96. The van der Waals surface area contributed by atoms with E-state index in [0.29, 0.717) is 12.0 Å². The van der Waals surface area contributed by atoms with E-state index in [1.807, 2.05) is 6.92 Å². The van der Waals surface area contributed by atoms with E-state index in [-0.39, 0.29) is 5.91 Å². The van der Waals surface area contributed by atoms with Gasteiger partial charge in [0, 0.05) is 18.7 Å². The van der Waals surface area contributed by atoms with Crippen molar-refractivity contribution in [2.75, 3.05) is 11.4 Å². The van der Waals surface area contributed by atoms with Crippen LogP contribution in [0.25, 0.3) is 0 Å². The van der Waals surface area contributed by atoms with Gasteiger partial charge in [-0.15, -0.1) is 0 Å². The second-order valence-electron chi connectivity index (χ2n) is 4.55. The number of nitrogens with zero attached hydrogens (tertiary/aromatic N) is 1. The number of rotatable bonds is 3. The number of carbonyl (C=O) groups is 2. The van der Waals surface area contributed by atoms with Gasteiger partial charge in [0.2, 0.25) is 5.91 Å². The minimum atomic E-state index is -0.921. The summed E-state index contributed by atoms with van der Waals surface area (Å²) in [5.41, 5.74) is 2.13. The summed E-state index contributed by atoms with van der Waals surface area (Å²) in [6, 6.07) is 5.01. The maximum atomic E-state index is 12.0. The first kappa shape index (κ1) is 12.6. The summed E-state index contributed by atoms with van der Waals surface area (Å²) >= 11 is 0. The summed E-state index contributed by atoms with van der Waals surface area (Å²) in [7, 11) is 0. The molecule has 0 aliphatic carbocycles. The van der Waals surface area contributed by atoms with Gasteiger partial charge in [0.1, 0.15) is 0 Å². The molecule has 1 aromatic rings. The number of carboxylic acid groups (broad SMARTS) is 1. The molecule has 0 saturated heterocycles. The molecule has 1 heterocycles. The van der Waals surface area contributed by atoms with Crippen LogP contribution in [0, 0.1) is 0 Å². The molecule has 0 atom stereocenters. The summed E-state index contributed by atoms with van der Waals surface area (Å²) in [6.45, 7) is 2.72. The summed E-state index contributed by atoms with van der Waals surface area (Å²) in [6.07, 6.45) is 3.11. The number of fused-ring (bicyclic) bond motifs is 1. The van der Waals surface area contributed by atoms with Crippen molar-refractivity contribution in [1.29, 1.82) is 0 Å². The predicted molar refractivity (Wildman–Crippen MR) is 69.0 cm³/mol. The lowest BCUT2D eigenvalue weighted by atomic mass is 9.99. The van der Waals surface area contributed by atoms with Gasteiger partial charge >= 0.3 is 5.97 Å². The average molecular weight is 247 g/mol. The van der Waals surface area contributed by atoms with Crippen LogP contribution in [-0.4, -0.2) is 23.5 Å². The summed E-state index contributed by atoms with van der Waals surface area (Å²) < 4.78 is 0. The molecule has 2 rings (SSSR count). The molecule has 0 saturated carbocycles. The van der Waals surface area contributed by atoms with Gasteiger partial charge in [-0.25, -0.2) is 4.79 Å². The van der Waals surface area contributed by atoms with E-state index >= 15 is 0 Å². The third-order valence-corrected chi connectivity index (χ3v) is 3.21. The first-order chi connectivity index (χ1) is 8.63. The highest BCUT2D eigenvalue weighted by Crippen LogP contribution is 2.28. The van der Waals surface area contributed by atoms with Crippen LogP contribution < -0.4 is 4.90 Å². The number of carboxylic acids is 1. The highest BCUT2D eigenvalue weighted by Gasteiger charge is 2.22. The number of anilines is 1. The Morgan fingerprint density at radius 2 is 2.17 bits per heavy atom. The monoisotopic (exact) mass is 247 g/mol. The largest absolute Gasteiger partial charge is 0.478 e. The summed E-state index contributed by atoms with van der Waals surface area (Å²) in [4.78, 5) is 24.7. The van der Waals surface area contributed by atoms with Gasteiger partial charge in [0.25, 0.3) is 0 Å². The summed E-state index contributed by atoms with van der Waals surface area (Å²) in [5.74, 6) is -0.795. The van der Waals surface area contributed by atoms with Crippen LogP contribution in [0.4, 0.5) is 5.69 Å². The molecule has 1 aromatic carbocycles. The molecule has 1 amide bonds. The molecule has 1 N–H and O–H groups in total. The van der Waals surface area contributed by atoms with E-state index in [4.69, 9.17) is 5.11 Å². The lowest BCUT2D eigenvalue weighted by molar-refractivity contribution is -0.118. The molecule has 1 aliphatic heterocycles. The first-order valence-electron chi connectivity index (χ1n) is 6.30. The van der Waals surface area contributed by atoms with Crippen molar-refractivity contribution in [1.82, 2.24) is 0 Å². The van der Waals surface area contributed by atoms with Gasteiger partial charge < -0.3 is 10.0 Å². The SMILES string of the molecule is CCCC(=O)N1CCCc2cc(C(=O)O)ccc21. The fourth-order valence-electron chi connectivity index (χ4n) is 2.34. The van der Waals surface area contributed by atoms with E-state index in [0.717, 1.165) is 37.1 Å². The molecule has 4 nitrogen and oxygen atoms in total. The van der Waals surface area contributed by atoms with Gasteiger partial charge in [-0.2, -0.15) is 0 Å². The molecule has 4 heteroatoms. The molecular weight excluding hydrogens is 230 g/mol. The Kier molecular flexibility index (Phi) is 3.65. The van der Waals surface area contributed by atoms with Crippen LogP contribution in [0.15, 0.2) is 18.2 Å². The van der Waals surface area contributed by atoms with Crippen LogP contribution in [0.2, 0.25) is 0 Å². The second-order valence-corrected chi connectivity index (χ2v) is 4.55. The molecule has 0 fully saturated rings. The molecule has 0 bridgehead atoms. The molecule has 0 aromatic heterocycles. The van der Waals surface area contributed by atoms with Gasteiger partial charge in [-0.1, -0.05) is 6.92 Å². The molecule has 0 spiro atoms. The van der Waals surface area contributed by atoms with Gasteiger partial charge in [-0.3, -0.25) is 4.79 Å². The lowest BCUT2D eigenvalue weighted by Gasteiger charge is -2.29. The number of hydrogen-bond acceptors (Lipinski definition) is 2. The Morgan fingerprint density at radius 1 is 1.39 bits per heavy atom. The Labute approximate surface area is 106 Å². The molecule has 18 heavy (non-hydrogen) atoms. The van der Waals surface area contributed by atoms with E-state index < -0.39 is 5.97 Å². The highest BCUT2D eigenvalue weighted by atomic mass is 16.4. The van der Waals surface area contributed by atoms with Crippen molar-refractivity contribution in [2.24, 2.45) is 0 Å². The van der Waals surface area contributed by atoms with Crippen LogP contribution in [-0.2, 0) is 11.2 Å². The fraction of sp³-hybridized carbons (Fsp3) is 0.429. The molecular formula is C14H17NO3. The minimum Gasteiger partial charge on any atom is -0.478 e. The maximum Gasteiger partial charge on any atom is 0.335 e. The third-order valence-electron chi connectivity index (χ3n) is 3.21. The molecule has 0 unspecified atom stereocenters. The van der Waals surface area contributed by atoms with Crippen molar-refractivity contribution in [3.63, 3.8) is 0 Å². The quantitative estimate of drug-likeness (QED) is 0.892. The first-order valence-corrected chi connectivity index (χ1v) is 6.30. The second kappa shape index (κ2) is 5.21. The van der Waals surface area contributed by atoms with Crippen molar-refractivity contribution in [2.45, 2.75) is 32.6 Å². The van der Waals surface area contributed by atoms with Gasteiger partial charge in [-0.05, 0) is 43.0 Å². The van der Waals surface area contributed by atoms with Crippen LogP contribution >= 0.6 is 0 Å². The summed E-state index contributed by atoms with van der Waals surface area (Å²) in [5, 5.41) is 8.97. The maximum absolute atomic E-state index is 12.0. The van der Waals surface area contributed by atoms with Crippen molar-refractivity contribution in [3.05, 3.63) is 29.3 Å². The lowest BCUT2D eigenvalue weighted by Crippen LogP contribution is -2.35. The van der Waals surface area contributed by atoms with Crippen molar-refractivity contribution < 1.29 is 14.7 Å². The number of carbonyl (C=O) groups excluding carboxylic acids is 1. The number of aryl methyl sites for hydroxylation is 1. The normalized spacial score (nSPS) is 14.2. The Bertz CT molecular complexity index is 482. The minimum absolute atomic E-state index is 0.126. The van der Waals surface area contributed by atoms with E-state index in [1.54, 1.807) is 23.1 Å². The standard InChI is InChI=1S/C14H17NO3/c1-2-4-13(16)15-8-3-5-10-9-11(14(17)18)6-7-12(10)15/h6-7,9H,2-5,8H2,1H3,(H,17,18). The topological polar surface area (TPSA) is 57.6 Å². The number of benzene rings is 1. The van der Waals surface area contributed by atoms with E-state index in [1.165, 1.54) is 0 Å². The smallest absolute Gasteiger partial charge is 0.335 e. The van der Waals surface area contributed by atoms with Gasteiger partial charge in [0.15, 0.2) is 0 Å². The van der Waals surface area contributed by atoms with Gasteiger partial charge in [0.05, 0.1) is 5.56 Å². The third kappa shape index (κ3) is 2.37. The van der Waals surface area contributed by atoms with Crippen molar-refractivity contribution >= 4 is 17.6 Å².